The smallest absolute Gasteiger partial charge is 0.407 e. The van der Waals surface area contributed by atoms with E-state index >= 15 is 0 Å². The number of benzene rings is 1. The van der Waals surface area contributed by atoms with Crippen molar-refractivity contribution in [2.45, 2.75) is 200 Å². The summed E-state index contributed by atoms with van der Waals surface area (Å²) in [5.74, 6) is -4.47. The first-order valence-corrected chi connectivity index (χ1v) is 36.7. The fraction of sp³-hybridized carbons (Fsp3) is 0.791. The highest BCUT2D eigenvalue weighted by atomic mass is 16.7. The molecule has 4 heterocycles. The molecule has 0 spiro atoms. The van der Waals surface area contributed by atoms with Crippen molar-refractivity contribution in [1.29, 1.82) is 0 Å². The van der Waals surface area contributed by atoms with E-state index in [1.54, 1.807) is 0 Å². The van der Waals surface area contributed by atoms with Crippen LogP contribution in [0.15, 0.2) is 30.3 Å². The molecule has 4 saturated heterocycles. The molecular formula is C67H114N10O33. The van der Waals surface area contributed by atoms with Gasteiger partial charge in [0.15, 0.2) is 25.2 Å². The number of rotatable bonds is 51. The van der Waals surface area contributed by atoms with Gasteiger partial charge < -0.3 is 167 Å². The van der Waals surface area contributed by atoms with Gasteiger partial charge in [0.25, 0.3) is 0 Å². The fourth-order valence-electron chi connectivity index (χ4n) is 11.8. The van der Waals surface area contributed by atoms with E-state index in [1.807, 2.05) is 30.3 Å². The molecule has 110 heavy (non-hydrogen) atoms. The van der Waals surface area contributed by atoms with Crippen molar-refractivity contribution in [3.63, 3.8) is 0 Å². The molecule has 43 heteroatoms. The largest absolute Gasteiger partial charge is 0.445 e. The lowest BCUT2D eigenvalue weighted by molar-refractivity contribution is -0.300. The van der Waals surface area contributed by atoms with Crippen LogP contribution in [0.25, 0.3) is 0 Å². The van der Waals surface area contributed by atoms with Crippen molar-refractivity contribution in [3.8, 4) is 0 Å². The molecule has 5 rings (SSSR count). The third-order valence-electron chi connectivity index (χ3n) is 18.0. The molecule has 8 amide bonds. The molecule has 0 radical (unpaired) electrons. The van der Waals surface area contributed by atoms with Gasteiger partial charge in [0.1, 0.15) is 104 Å². The summed E-state index contributed by atoms with van der Waals surface area (Å²) in [6, 6.07) is 7.73. The number of aliphatic hydroxyl groups excluding tert-OH is 16. The zero-order valence-electron chi connectivity index (χ0n) is 61.1. The van der Waals surface area contributed by atoms with Crippen LogP contribution in [0.1, 0.15) is 69.8 Å². The van der Waals surface area contributed by atoms with E-state index in [1.165, 1.54) is 9.80 Å². The maximum atomic E-state index is 14.4. The number of nitrogens with zero attached hydrogens (tertiary/aromatic N) is 2. The molecule has 0 aromatic heterocycles. The monoisotopic (exact) mass is 1590 g/mol. The van der Waals surface area contributed by atoms with Crippen molar-refractivity contribution in [2.24, 2.45) is 0 Å². The zero-order valence-corrected chi connectivity index (χ0v) is 61.1. The summed E-state index contributed by atoms with van der Waals surface area (Å²) < 4.78 is 48.6. The van der Waals surface area contributed by atoms with E-state index in [-0.39, 0.29) is 104 Å². The number of alkyl carbamates (subject to hydrolysis) is 1. The molecular weight excluding hydrogens is 1470 g/mol. The summed E-state index contributed by atoms with van der Waals surface area (Å²) in [6.07, 6.45) is -29.2. The Hall–Kier alpha value is -6.26. The maximum Gasteiger partial charge on any atom is 0.407 e. The molecule has 4 aliphatic rings. The second-order valence-electron chi connectivity index (χ2n) is 26.6. The Kier molecular flexibility index (Phi) is 44.1. The number of hydrogen-bond donors (Lipinski definition) is 24. The summed E-state index contributed by atoms with van der Waals surface area (Å²) in [5.41, 5.74) is 0.820. The Morgan fingerprint density at radius 2 is 0.673 bits per heavy atom. The molecule has 4 aliphatic heterocycles. The Bertz CT molecular complexity index is 2800. The van der Waals surface area contributed by atoms with Gasteiger partial charge in [-0.25, -0.2) is 4.79 Å². The van der Waals surface area contributed by atoms with E-state index in [0.29, 0.717) is 45.1 Å². The molecule has 21 atom stereocenters. The van der Waals surface area contributed by atoms with Gasteiger partial charge in [-0.15, -0.1) is 0 Å². The Morgan fingerprint density at radius 1 is 0.355 bits per heavy atom. The van der Waals surface area contributed by atoms with Gasteiger partial charge in [0, 0.05) is 58.8 Å². The fourth-order valence-corrected chi connectivity index (χ4v) is 11.8. The third kappa shape index (κ3) is 32.7. The number of unbranched alkanes of at least 4 members (excludes halogenated alkanes) is 5. The summed E-state index contributed by atoms with van der Waals surface area (Å²) in [7, 11) is 0. The molecule has 24 N–H and O–H groups in total. The molecule has 1 aromatic carbocycles. The van der Waals surface area contributed by atoms with Crippen LogP contribution in [-0.2, 0) is 82.8 Å². The number of hydrogen-bond acceptors (Lipinski definition) is 35. The van der Waals surface area contributed by atoms with Crippen LogP contribution >= 0.6 is 0 Å². The van der Waals surface area contributed by atoms with Crippen LogP contribution in [0.5, 0.6) is 0 Å². The van der Waals surface area contributed by atoms with Gasteiger partial charge in [-0.05, 0) is 56.9 Å². The normalized spacial score (nSPS) is 28.5. The Labute approximate surface area is 634 Å². The molecule has 0 unspecified atom stereocenters. The quantitative estimate of drug-likeness (QED) is 0.0269. The highest BCUT2D eigenvalue weighted by Gasteiger charge is 2.48. The standard InChI is InChI=1S/C67H114N10O33/c78-33-40-50(88)54(92)58(96)63(107-40)102-24-20-71-44(82)15-6-2-8-16-68-45(83)28-76(29-46(84)69-17-9-3-10-19-75-67(101)106-37-38-12-4-1-5-13-38)30-47(85)70-18-11-7-14-39(62(100)74-23-27-105-66-61(99)57(95)53(91)43(36-81)110-66)77(31-48(86)72-21-25-103-64-59(97)55(93)51(89)41(34-79)108-64)32-49(87)73-22-26-104-65-60(98)56(94)52(90)42(35-80)109-65/h1,4-5,12-13,39-43,50-61,63-66,78-81,88-99H,2-3,6-11,14-37H2,(H,68,83)(H,69,84)(H,70,85)(H,71,82)(H,72,86)(H,73,87)(H,74,100)(H,75,101)/t39-,40+,41+,42+,43+,50+,51+,52+,53+,54-,55-,56-,57-,58-,59-,60-,61-,63-,64-,65-,66-/m0/s1. The summed E-state index contributed by atoms with van der Waals surface area (Å²) >= 11 is 0. The number of carbonyl (C=O) groups excluding carboxylic acids is 8. The number of nitrogens with one attached hydrogen (secondary N) is 8. The molecule has 0 saturated carbocycles. The lowest BCUT2D eigenvalue weighted by Gasteiger charge is -2.39. The van der Waals surface area contributed by atoms with E-state index in [0.717, 1.165) is 5.56 Å². The highest BCUT2D eigenvalue weighted by Crippen LogP contribution is 2.26. The SMILES string of the molecule is O=C(CCCCCNC(=O)CN(CC(=O)NCCCCCNC(=O)OCc1ccccc1)CC(=O)NCCCC[C@@H](C(=O)NCCO[C@H]1O[C@H](CO)[C@@H](O)[C@H](O)[C@@H]1O)N(CC(=O)NCCO[C@H]1O[C@H](CO)[C@@H](O)[C@H](O)[C@@H]1O)CC(=O)NCCO[C@H]1O[C@H](CO)[C@@H](O)[C@H](O)[C@@H]1O)NCCO[C@H]1O[C@H](CO)[C@@H](O)[C@H](O)[C@@H]1O. The summed E-state index contributed by atoms with van der Waals surface area (Å²) in [4.78, 5) is 110. The van der Waals surface area contributed by atoms with Crippen molar-refractivity contribution >= 4 is 47.4 Å². The van der Waals surface area contributed by atoms with E-state index < -0.39 is 236 Å². The maximum absolute atomic E-state index is 14.4. The van der Waals surface area contributed by atoms with Crippen LogP contribution < -0.4 is 42.5 Å². The molecule has 0 bridgehead atoms. The van der Waals surface area contributed by atoms with Crippen molar-refractivity contribution < 1.29 is 163 Å². The van der Waals surface area contributed by atoms with Gasteiger partial charge in [-0.2, -0.15) is 0 Å². The first-order valence-electron chi connectivity index (χ1n) is 36.7. The Balaban J connectivity index is 1.21. The van der Waals surface area contributed by atoms with E-state index in [4.69, 9.17) is 42.6 Å². The minimum absolute atomic E-state index is 0.00589. The van der Waals surface area contributed by atoms with Crippen molar-refractivity contribution in [1.82, 2.24) is 52.3 Å². The first kappa shape index (κ1) is 94.3. The highest BCUT2D eigenvalue weighted by molar-refractivity contribution is 5.86. The second kappa shape index (κ2) is 51.5. The predicted molar refractivity (Wildman–Crippen MR) is 373 cm³/mol. The van der Waals surface area contributed by atoms with E-state index in [9.17, 15) is 120 Å². The van der Waals surface area contributed by atoms with Gasteiger partial charge in [-0.3, -0.25) is 43.4 Å². The van der Waals surface area contributed by atoms with Crippen LogP contribution in [0.4, 0.5) is 4.79 Å². The first-order chi connectivity index (χ1) is 52.7. The summed E-state index contributed by atoms with van der Waals surface area (Å²) in [5, 5.41) is 183. The molecule has 630 valence electrons. The number of aliphatic hydroxyl groups is 16. The van der Waals surface area contributed by atoms with Crippen LogP contribution in [0.3, 0.4) is 0 Å². The van der Waals surface area contributed by atoms with Crippen LogP contribution in [0, 0.1) is 0 Å². The lowest BCUT2D eigenvalue weighted by atomic mass is 9.99. The molecule has 1 aromatic rings. The number of amides is 8. The van der Waals surface area contributed by atoms with Crippen LogP contribution in [0.2, 0.25) is 0 Å². The van der Waals surface area contributed by atoms with Gasteiger partial charge >= 0.3 is 6.09 Å². The predicted octanol–water partition coefficient (Wildman–Crippen LogP) is -12.1. The minimum Gasteiger partial charge on any atom is -0.445 e. The van der Waals surface area contributed by atoms with Gasteiger partial charge in [0.05, 0.1) is 91.6 Å². The van der Waals surface area contributed by atoms with Gasteiger partial charge in [0.2, 0.25) is 41.4 Å². The average Bonchev–Trinajstić information content (AvgIpc) is 0.836. The van der Waals surface area contributed by atoms with Crippen molar-refractivity contribution in [3.05, 3.63) is 35.9 Å². The average molecular weight is 1590 g/mol. The lowest BCUT2D eigenvalue weighted by Crippen LogP contribution is -2.59. The molecule has 43 nitrogen and oxygen atoms in total. The molecule has 4 fully saturated rings. The van der Waals surface area contributed by atoms with Crippen LogP contribution in [-0.4, -0.2) is 406 Å². The zero-order chi connectivity index (χ0) is 80.7. The number of carbonyl (C=O) groups is 8. The topological polar surface area (TPSA) is 646 Å². The minimum atomic E-state index is -1.80. The second-order valence-corrected chi connectivity index (χ2v) is 26.6. The Morgan fingerprint density at radius 3 is 1.05 bits per heavy atom. The number of ether oxygens (including phenoxy) is 9. The summed E-state index contributed by atoms with van der Waals surface area (Å²) in [6.45, 7) is -7.19. The molecule has 0 aliphatic carbocycles. The van der Waals surface area contributed by atoms with Crippen molar-refractivity contribution in [2.75, 3.05) is 138 Å². The third-order valence-corrected chi connectivity index (χ3v) is 18.0. The van der Waals surface area contributed by atoms with Gasteiger partial charge in [-0.1, -0.05) is 36.8 Å². The van der Waals surface area contributed by atoms with E-state index in [2.05, 4.69) is 42.5 Å².